The van der Waals surface area contributed by atoms with Crippen LogP contribution in [0, 0.1) is 0 Å². The van der Waals surface area contributed by atoms with Gasteiger partial charge < -0.3 is 9.73 Å². The summed E-state index contributed by atoms with van der Waals surface area (Å²) in [5.74, 6) is -0.765. The molecule has 134 valence electrons. The molecule has 4 rings (SSSR count). The van der Waals surface area contributed by atoms with Crippen LogP contribution in [0.5, 0.6) is 0 Å². The number of amides is 3. The van der Waals surface area contributed by atoms with Crippen LogP contribution in [0.3, 0.4) is 0 Å². The van der Waals surface area contributed by atoms with Crippen molar-refractivity contribution in [2.24, 2.45) is 0 Å². The molecule has 1 aromatic carbocycles. The maximum absolute atomic E-state index is 12.8. The minimum absolute atomic E-state index is 0.0188. The number of carbonyl (C=O) groups excluding carboxylic acids is 3. The Morgan fingerprint density at radius 2 is 1.77 bits per heavy atom. The molecule has 2 aromatic rings. The highest BCUT2D eigenvalue weighted by atomic mass is 79.9. The quantitative estimate of drug-likeness (QED) is 0.759. The third-order valence-electron chi connectivity index (χ3n) is 4.91. The molecule has 1 fully saturated rings. The van der Waals surface area contributed by atoms with Crippen molar-refractivity contribution in [3.05, 3.63) is 51.9 Å². The summed E-state index contributed by atoms with van der Waals surface area (Å²) in [7, 11) is 0. The van der Waals surface area contributed by atoms with E-state index in [1.807, 2.05) is 0 Å². The van der Waals surface area contributed by atoms with E-state index in [2.05, 4.69) is 21.2 Å². The number of hydrogen-bond donors (Lipinski definition) is 1. The summed E-state index contributed by atoms with van der Waals surface area (Å²) < 4.78 is 5.68. The van der Waals surface area contributed by atoms with Gasteiger partial charge in [-0.3, -0.25) is 19.3 Å². The molecule has 0 saturated heterocycles. The van der Waals surface area contributed by atoms with Gasteiger partial charge in [0, 0.05) is 11.7 Å². The molecule has 6 nitrogen and oxygen atoms in total. The van der Waals surface area contributed by atoms with Crippen LogP contribution in [-0.4, -0.2) is 28.7 Å². The van der Waals surface area contributed by atoms with Crippen molar-refractivity contribution in [2.75, 3.05) is 5.32 Å². The number of halogens is 1. The second-order valence-electron chi connectivity index (χ2n) is 6.59. The lowest BCUT2D eigenvalue weighted by molar-refractivity contribution is 0.0548. The van der Waals surface area contributed by atoms with Gasteiger partial charge in [0.1, 0.15) is 0 Å². The maximum atomic E-state index is 12.8. The number of fused-ring (bicyclic) bond motifs is 1. The van der Waals surface area contributed by atoms with Crippen LogP contribution in [0.25, 0.3) is 0 Å². The number of nitrogens with zero attached hydrogens (tertiary/aromatic N) is 1. The van der Waals surface area contributed by atoms with Crippen LogP contribution >= 0.6 is 15.9 Å². The van der Waals surface area contributed by atoms with Crippen molar-refractivity contribution in [1.82, 2.24) is 4.90 Å². The highest BCUT2D eigenvalue weighted by Gasteiger charge is 2.40. The second-order valence-corrected chi connectivity index (χ2v) is 7.37. The lowest BCUT2D eigenvalue weighted by Crippen LogP contribution is -2.40. The molecule has 2 heterocycles. The fourth-order valence-electron chi connectivity index (χ4n) is 3.64. The molecule has 1 aliphatic carbocycles. The number of anilines is 1. The Kier molecular flexibility index (Phi) is 4.40. The smallest absolute Gasteiger partial charge is 0.291 e. The molecule has 0 bridgehead atoms. The van der Waals surface area contributed by atoms with Crippen LogP contribution in [0.15, 0.2) is 39.4 Å². The Balaban J connectivity index is 1.56. The third kappa shape index (κ3) is 2.96. The number of hydrogen-bond acceptors (Lipinski definition) is 4. The van der Waals surface area contributed by atoms with Crippen molar-refractivity contribution >= 4 is 39.3 Å². The number of nitrogens with one attached hydrogen (secondary N) is 1. The molecule has 1 saturated carbocycles. The molecule has 0 unspecified atom stereocenters. The van der Waals surface area contributed by atoms with Crippen molar-refractivity contribution in [3.63, 3.8) is 0 Å². The largest absolute Gasteiger partial charge is 0.444 e. The topological polar surface area (TPSA) is 79.6 Å². The van der Waals surface area contributed by atoms with Crippen LogP contribution in [0.4, 0.5) is 5.69 Å². The highest BCUT2D eigenvalue weighted by Crippen LogP contribution is 2.32. The zero-order valence-electron chi connectivity index (χ0n) is 14.0. The SMILES string of the molecule is O=C(Nc1ccc2c(c1)C(=O)N(C1CCCCC1)C2=O)c1ccc(Br)o1. The summed E-state index contributed by atoms with van der Waals surface area (Å²) in [6.45, 7) is 0. The lowest BCUT2D eigenvalue weighted by atomic mass is 9.94. The van der Waals surface area contributed by atoms with Crippen LogP contribution in [0.2, 0.25) is 0 Å². The zero-order valence-corrected chi connectivity index (χ0v) is 15.5. The molecule has 0 atom stereocenters. The van der Waals surface area contributed by atoms with Gasteiger partial charge in [0.05, 0.1) is 11.1 Å². The van der Waals surface area contributed by atoms with E-state index < -0.39 is 5.91 Å². The van der Waals surface area contributed by atoms with E-state index in [1.165, 1.54) is 4.90 Å². The predicted octanol–water partition coefficient (Wildman–Crippen LogP) is 4.22. The predicted molar refractivity (Wildman–Crippen MR) is 98.2 cm³/mol. The summed E-state index contributed by atoms with van der Waals surface area (Å²) in [5, 5.41) is 2.70. The van der Waals surface area contributed by atoms with Gasteiger partial charge in [-0.05, 0) is 59.1 Å². The molecule has 7 heteroatoms. The first-order valence-electron chi connectivity index (χ1n) is 8.63. The second kappa shape index (κ2) is 6.72. The van der Waals surface area contributed by atoms with E-state index >= 15 is 0 Å². The summed E-state index contributed by atoms with van der Waals surface area (Å²) in [6, 6.07) is 7.95. The Morgan fingerprint density at radius 1 is 1.04 bits per heavy atom. The molecule has 1 aromatic heterocycles. The average molecular weight is 417 g/mol. The monoisotopic (exact) mass is 416 g/mol. The van der Waals surface area contributed by atoms with Gasteiger partial charge >= 0.3 is 0 Å². The molecule has 26 heavy (non-hydrogen) atoms. The Morgan fingerprint density at radius 3 is 2.46 bits per heavy atom. The molecule has 1 aliphatic heterocycles. The Hall–Kier alpha value is -2.41. The molecule has 2 aliphatic rings. The molecule has 0 spiro atoms. The van der Waals surface area contributed by atoms with E-state index in [9.17, 15) is 14.4 Å². The number of furan rings is 1. The fourth-order valence-corrected chi connectivity index (χ4v) is 3.94. The first-order valence-corrected chi connectivity index (χ1v) is 9.42. The van der Waals surface area contributed by atoms with Gasteiger partial charge in [-0.25, -0.2) is 0 Å². The van der Waals surface area contributed by atoms with Crippen molar-refractivity contribution < 1.29 is 18.8 Å². The lowest BCUT2D eigenvalue weighted by Gasteiger charge is -2.29. The van der Waals surface area contributed by atoms with E-state index in [4.69, 9.17) is 4.42 Å². The maximum Gasteiger partial charge on any atom is 0.291 e. The van der Waals surface area contributed by atoms with Crippen molar-refractivity contribution in [3.8, 4) is 0 Å². The van der Waals surface area contributed by atoms with Crippen LogP contribution in [-0.2, 0) is 0 Å². The summed E-state index contributed by atoms with van der Waals surface area (Å²) in [4.78, 5) is 39.0. The first kappa shape index (κ1) is 17.0. The third-order valence-corrected chi connectivity index (χ3v) is 5.34. The van der Waals surface area contributed by atoms with Gasteiger partial charge in [-0.1, -0.05) is 19.3 Å². The van der Waals surface area contributed by atoms with E-state index in [-0.39, 0.29) is 23.6 Å². The summed E-state index contributed by atoms with van der Waals surface area (Å²) in [5.41, 5.74) is 1.20. The summed E-state index contributed by atoms with van der Waals surface area (Å²) >= 11 is 3.15. The average Bonchev–Trinajstić information content (AvgIpc) is 3.18. The number of rotatable bonds is 3. The van der Waals surface area contributed by atoms with E-state index in [0.717, 1.165) is 32.1 Å². The highest BCUT2D eigenvalue weighted by molar-refractivity contribution is 9.10. The first-order chi connectivity index (χ1) is 12.5. The van der Waals surface area contributed by atoms with Gasteiger partial charge in [-0.15, -0.1) is 0 Å². The molecular formula is C19H17BrN2O4. The van der Waals surface area contributed by atoms with Gasteiger partial charge in [0.2, 0.25) is 0 Å². The Labute approximate surface area is 158 Å². The normalized spacial score (nSPS) is 17.5. The number of imide groups is 1. The van der Waals surface area contributed by atoms with E-state index in [1.54, 1.807) is 30.3 Å². The minimum Gasteiger partial charge on any atom is -0.444 e. The van der Waals surface area contributed by atoms with E-state index in [0.29, 0.717) is 21.5 Å². The van der Waals surface area contributed by atoms with Crippen molar-refractivity contribution in [2.45, 2.75) is 38.1 Å². The van der Waals surface area contributed by atoms with Gasteiger partial charge in [0.15, 0.2) is 10.4 Å². The minimum atomic E-state index is -0.420. The van der Waals surface area contributed by atoms with Crippen LogP contribution in [0.1, 0.15) is 63.4 Å². The number of benzene rings is 1. The molecule has 3 amide bonds. The Bertz CT molecular complexity index is 899. The summed E-state index contributed by atoms with van der Waals surface area (Å²) in [6.07, 6.45) is 4.96. The molecule has 1 N–H and O–H groups in total. The van der Waals surface area contributed by atoms with Gasteiger partial charge in [0.25, 0.3) is 17.7 Å². The standard InChI is InChI=1S/C19H17BrN2O4/c20-16-9-8-15(26-16)17(23)21-11-6-7-13-14(10-11)19(25)22(18(13)24)12-4-2-1-3-5-12/h6-10,12H,1-5H2,(H,21,23). The fraction of sp³-hybridized carbons (Fsp3) is 0.316. The molecule has 0 radical (unpaired) electrons. The number of carbonyl (C=O) groups is 3. The molecular weight excluding hydrogens is 400 g/mol. The zero-order chi connectivity index (χ0) is 18.3. The van der Waals surface area contributed by atoms with Crippen LogP contribution < -0.4 is 5.32 Å². The van der Waals surface area contributed by atoms with Crippen molar-refractivity contribution in [1.29, 1.82) is 0 Å². The van der Waals surface area contributed by atoms with Gasteiger partial charge in [-0.2, -0.15) is 0 Å².